The first kappa shape index (κ1) is 16.2. The molecule has 2 unspecified atom stereocenters. The van der Waals surface area contributed by atoms with Crippen LogP contribution in [-0.2, 0) is 4.74 Å². The van der Waals surface area contributed by atoms with Gasteiger partial charge in [0.2, 0.25) is 0 Å². The van der Waals surface area contributed by atoms with E-state index in [1.165, 1.54) is 6.07 Å². The second-order valence-electron chi connectivity index (χ2n) is 5.20. The molecule has 2 rings (SSSR count). The SMILES string of the molecule is CCCNC(c1cc(Cl)c(Br)cc1F)C1CCCOC1. The molecule has 1 N–H and O–H groups in total. The van der Waals surface area contributed by atoms with E-state index in [1.807, 2.05) is 0 Å². The third kappa shape index (κ3) is 3.94. The van der Waals surface area contributed by atoms with Crippen LogP contribution in [0.4, 0.5) is 4.39 Å². The second kappa shape index (κ2) is 7.74. The predicted molar refractivity (Wildman–Crippen MR) is 83.7 cm³/mol. The number of hydrogen-bond acceptors (Lipinski definition) is 2. The molecule has 1 aromatic rings. The number of ether oxygens (including phenoxy) is 1. The van der Waals surface area contributed by atoms with Crippen LogP contribution in [0.5, 0.6) is 0 Å². The Bertz CT molecular complexity index is 452. The monoisotopic (exact) mass is 363 g/mol. The zero-order chi connectivity index (χ0) is 14.5. The molecule has 1 aliphatic heterocycles. The van der Waals surface area contributed by atoms with E-state index in [1.54, 1.807) is 6.07 Å². The van der Waals surface area contributed by atoms with Gasteiger partial charge < -0.3 is 10.1 Å². The maximum atomic E-state index is 14.3. The normalized spacial score (nSPS) is 20.9. The van der Waals surface area contributed by atoms with Crippen molar-refractivity contribution in [3.63, 3.8) is 0 Å². The van der Waals surface area contributed by atoms with Crippen molar-refractivity contribution in [1.29, 1.82) is 0 Å². The summed E-state index contributed by atoms with van der Waals surface area (Å²) in [5.74, 6) is 0.0718. The Morgan fingerprint density at radius 2 is 2.35 bits per heavy atom. The lowest BCUT2D eigenvalue weighted by Crippen LogP contribution is -2.34. The molecule has 0 aromatic heterocycles. The molecular formula is C15H20BrClFNO. The third-order valence-electron chi connectivity index (χ3n) is 3.66. The van der Waals surface area contributed by atoms with Crippen LogP contribution in [0.15, 0.2) is 16.6 Å². The minimum atomic E-state index is -0.222. The molecule has 0 spiro atoms. The molecule has 5 heteroatoms. The van der Waals surface area contributed by atoms with Crippen molar-refractivity contribution in [3.05, 3.63) is 33.0 Å². The third-order valence-corrected chi connectivity index (χ3v) is 4.85. The fraction of sp³-hybridized carbons (Fsp3) is 0.600. The molecule has 0 bridgehead atoms. The summed E-state index contributed by atoms with van der Waals surface area (Å²) in [5.41, 5.74) is 0.641. The standard InChI is InChI=1S/C15H20BrClFNO/c1-2-5-19-15(10-4-3-6-20-9-10)11-7-13(17)12(16)8-14(11)18/h7-8,10,15,19H,2-6,9H2,1H3. The van der Waals surface area contributed by atoms with Gasteiger partial charge in [-0.2, -0.15) is 0 Å². The molecule has 1 aliphatic rings. The average Bonchev–Trinajstić information content (AvgIpc) is 2.45. The van der Waals surface area contributed by atoms with Crippen molar-refractivity contribution in [3.8, 4) is 0 Å². The fourth-order valence-corrected chi connectivity index (χ4v) is 3.12. The lowest BCUT2D eigenvalue weighted by atomic mass is 9.88. The molecule has 0 radical (unpaired) electrons. The highest BCUT2D eigenvalue weighted by Gasteiger charge is 2.27. The van der Waals surface area contributed by atoms with Gasteiger partial charge in [-0.15, -0.1) is 0 Å². The lowest BCUT2D eigenvalue weighted by Gasteiger charge is -2.31. The molecule has 1 saturated heterocycles. The van der Waals surface area contributed by atoms with Gasteiger partial charge in [-0.25, -0.2) is 4.39 Å². The van der Waals surface area contributed by atoms with Crippen LogP contribution < -0.4 is 5.32 Å². The summed E-state index contributed by atoms with van der Waals surface area (Å²) in [5, 5.41) is 3.99. The van der Waals surface area contributed by atoms with Crippen LogP contribution in [0.1, 0.15) is 37.8 Å². The maximum Gasteiger partial charge on any atom is 0.129 e. The van der Waals surface area contributed by atoms with E-state index in [9.17, 15) is 4.39 Å². The number of rotatable bonds is 5. The van der Waals surface area contributed by atoms with Gasteiger partial charge in [0, 0.05) is 28.6 Å². The lowest BCUT2D eigenvalue weighted by molar-refractivity contribution is 0.0385. The first-order valence-electron chi connectivity index (χ1n) is 7.09. The first-order chi connectivity index (χ1) is 9.63. The van der Waals surface area contributed by atoms with Gasteiger partial charge in [0.05, 0.1) is 11.6 Å². The number of benzene rings is 1. The van der Waals surface area contributed by atoms with E-state index in [-0.39, 0.29) is 11.9 Å². The molecular weight excluding hydrogens is 345 g/mol. The molecule has 2 atom stereocenters. The Morgan fingerprint density at radius 1 is 1.55 bits per heavy atom. The molecule has 0 amide bonds. The Morgan fingerprint density at radius 3 is 3.00 bits per heavy atom. The van der Waals surface area contributed by atoms with Crippen molar-refractivity contribution < 1.29 is 9.13 Å². The fourth-order valence-electron chi connectivity index (χ4n) is 2.64. The van der Waals surface area contributed by atoms with Gasteiger partial charge in [-0.3, -0.25) is 0 Å². The van der Waals surface area contributed by atoms with E-state index in [0.717, 1.165) is 32.4 Å². The number of hydrogen-bond donors (Lipinski definition) is 1. The van der Waals surface area contributed by atoms with Crippen LogP contribution in [-0.4, -0.2) is 19.8 Å². The highest BCUT2D eigenvalue weighted by Crippen LogP contribution is 2.34. The largest absolute Gasteiger partial charge is 0.381 e. The Kier molecular flexibility index (Phi) is 6.27. The van der Waals surface area contributed by atoms with Gasteiger partial charge in [0.15, 0.2) is 0 Å². The number of halogens is 3. The van der Waals surface area contributed by atoms with Gasteiger partial charge in [0.1, 0.15) is 5.82 Å². The molecule has 112 valence electrons. The summed E-state index contributed by atoms with van der Waals surface area (Å²) in [4.78, 5) is 0. The minimum Gasteiger partial charge on any atom is -0.381 e. The van der Waals surface area contributed by atoms with Crippen LogP contribution >= 0.6 is 27.5 Å². The minimum absolute atomic E-state index is 0.0409. The van der Waals surface area contributed by atoms with Crippen LogP contribution in [0.2, 0.25) is 5.02 Å². The quantitative estimate of drug-likeness (QED) is 0.764. The smallest absolute Gasteiger partial charge is 0.129 e. The Hall–Kier alpha value is -0.160. The Labute approximate surface area is 133 Å². The molecule has 2 nitrogen and oxygen atoms in total. The second-order valence-corrected chi connectivity index (χ2v) is 6.46. The van der Waals surface area contributed by atoms with E-state index in [0.29, 0.717) is 27.6 Å². The molecule has 20 heavy (non-hydrogen) atoms. The average molecular weight is 365 g/mol. The topological polar surface area (TPSA) is 21.3 Å². The summed E-state index contributed by atoms with van der Waals surface area (Å²) < 4.78 is 20.4. The highest BCUT2D eigenvalue weighted by atomic mass is 79.9. The zero-order valence-electron chi connectivity index (χ0n) is 11.6. The van der Waals surface area contributed by atoms with Gasteiger partial charge in [-0.05, 0) is 53.9 Å². The molecule has 0 saturated carbocycles. The van der Waals surface area contributed by atoms with Crippen molar-refractivity contribution in [2.75, 3.05) is 19.8 Å². The number of nitrogens with one attached hydrogen (secondary N) is 1. The van der Waals surface area contributed by atoms with E-state index < -0.39 is 0 Å². The Balaban J connectivity index is 2.27. The van der Waals surface area contributed by atoms with Crippen molar-refractivity contribution in [1.82, 2.24) is 5.32 Å². The van der Waals surface area contributed by atoms with Gasteiger partial charge in [0.25, 0.3) is 0 Å². The van der Waals surface area contributed by atoms with E-state index >= 15 is 0 Å². The maximum absolute atomic E-state index is 14.3. The van der Waals surface area contributed by atoms with E-state index in [4.69, 9.17) is 16.3 Å². The van der Waals surface area contributed by atoms with Gasteiger partial charge in [-0.1, -0.05) is 18.5 Å². The first-order valence-corrected chi connectivity index (χ1v) is 8.26. The molecule has 1 heterocycles. The van der Waals surface area contributed by atoms with E-state index in [2.05, 4.69) is 28.2 Å². The van der Waals surface area contributed by atoms with Crippen LogP contribution in [0.25, 0.3) is 0 Å². The van der Waals surface area contributed by atoms with Crippen LogP contribution in [0.3, 0.4) is 0 Å². The van der Waals surface area contributed by atoms with Crippen molar-refractivity contribution in [2.24, 2.45) is 5.92 Å². The molecule has 1 aromatic carbocycles. The van der Waals surface area contributed by atoms with Crippen LogP contribution in [0, 0.1) is 11.7 Å². The molecule has 0 aliphatic carbocycles. The summed E-state index contributed by atoms with van der Waals surface area (Å²) in [6, 6.07) is 3.13. The summed E-state index contributed by atoms with van der Waals surface area (Å²) in [6.45, 7) is 4.44. The molecule has 1 fully saturated rings. The van der Waals surface area contributed by atoms with Crippen molar-refractivity contribution in [2.45, 2.75) is 32.2 Å². The summed E-state index contributed by atoms with van der Waals surface area (Å²) in [6.07, 6.45) is 3.09. The van der Waals surface area contributed by atoms with Crippen molar-refractivity contribution >= 4 is 27.5 Å². The summed E-state index contributed by atoms with van der Waals surface area (Å²) >= 11 is 9.39. The zero-order valence-corrected chi connectivity index (χ0v) is 13.9. The van der Waals surface area contributed by atoms with Gasteiger partial charge >= 0.3 is 0 Å². The summed E-state index contributed by atoms with van der Waals surface area (Å²) in [7, 11) is 0. The highest BCUT2D eigenvalue weighted by molar-refractivity contribution is 9.10. The predicted octanol–water partition coefficient (Wildman–Crippen LogP) is 4.71.